The van der Waals surface area contributed by atoms with Crippen molar-refractivity contribution in [3.05, 3.63) is 34.9 Å². The molecule has 0 radical (unpaired) electrons. The number of ether oxygens (including phenoxy) is 1. The molecule has 0 amide bonds. The Labute approximate surface area is 125 Å². The van der Waals surface area contributed by atoms with E-state index < -0.39 is 5.79 Å². The van der Waals surface area contributed by atoms with Gasteiger partial charge in [0.1, 0.15) is 6.10 Å². The normalized spacial score (nSPS) is 27.4. The van der Waals surface area contributed by atoms with Crippen LogP contribution < -0.4 is 0 Å². The highest BCUT2D eigenvalue weighted by atomic mass is 35.5. The van der Waals surface area contributed by atoms with Gasteiger partial charge in [-0.1, -0.05) is 37.1 Å². The van der Waals surface area contributed by atoms with E-state index in [9.17, 15) is 0 Å². The van der Waals surface area contributed by atoms with Gasteiger partial charge in [-0.05, 0) is 30.5 Å². The Hall–Kier alpha value is -0.610. The van der Waals surface area contributed by atoms with Crippen LogP contribution in [0.5, 0.6) is 0 Å². The Morgan fingerprint density at radius 1 is 1.15 bits per heavy atom. The topological polar surface area (TPSA) is 27.7 Å². The van der Waals surface area contributed by atoms with E-state index in [1.54, 1.807) is 0 Å². The van der Waals surface area contributed by atoms with Crippen LogP contribution in [0.3, 0.4) is 0 Å². The van der Waals surface area contributed by atoms with Crippen LogP contribution in [-0.4, -0.2) is 18.5 Å². The molecule has 4 heteroatoms. The fourth-order valence-electron chi connectivity index (χ4n) is 2.96. The lowest BCUT2D eigenvalue weighted by molar-refractivity contribution is -0.493. The van der Waals surface area contributed by atoms with Crippen molar-refractivity contribution >= 4 is 11.6 Å². The smallest absolute Gasteiger partial charge is 0.201 e. The van der Waals surface area contributed by atoms with Gasteiger partial charge in [-0.25, -0.2) is 9.78 Å². The molecule has 0 N–H and O–H groups in total. The third kappa shape index (κ3) is 3.01. The second kappa shape index (κ2) is 6.02. The summed E-state index contributed by atoms with van der Waals surface area (Å²) in [6.45, 7) is 2.71. The fraction of sp³-hybridized carbons (Fsp3) is 0.625. The van der Waals surface area contributed by atoms with Gasteiger partial charge in [-0.3, -0.25) is 0 Å². The maximum Gasteiger partial charge on any atom is 0.201 e. The van der Waals surface area contributed by atoms with Gasteiger partial charge in [-0.15, -0.1) is 0 Å². The molecule has 1 aromatic rings. The van der Waals surface area contributed by atoms with E-state index >= 15 is 0 Å². The molecule has 1 aliphatic carbocycles. The highest BCUT2D eigenvalue weighted by Crippen LogP contribution is 2.38. The highest BCUT2D eigenvalue weighted by molar-refractivity contribution is 6.30. The molecule has 2 atom stereocenters. The summed E-state index contributed by atoms with van der Waals surface area (Å²) in [7, 11) is 0. The quantitative estimate of drug-likeness (QED) is 0.755. The van der Waals surface area contributed by atoms with Crippen LogP contribution in [0.25, 0.3) is 0 Å². The lowest BCUT2D eigenvalue weighted by atomic mass is 9.93. The zero-order valence-electron chi connectivity index (χ0n) is 11.8. The third-order valence-corrected chi connectivity index (χ3v) is 4.66. The van der Waals surface area contributed by atoms with E-state index in [0.29, 0.717) is 6.61 Å². The van der Waals surface area contributed by atoms with Gasteiger partial charge in [0.05, 0.1) is 6.61 Å². The van der Waals surface area contributed by atoms with Crippen LogP contribution in [0.1, 0.15) is 50.5 Å². The minimum Gasteiger partial charge on any atom is -0.344 e. The summed E-state index contributed by atoms with van der Waals surface area (Å²) >= 11 is 5.92. The predicted octanol–water partition coefficient (Wildman–Crippen LogP) is 4.45. The second-order valence-electron chi connectivity index (χ2n) is 5.84. The van der Waals surface area contributed by atoms with Gasteiger partial charge in [0.2, 0.25) is 5.79 Å². The fourth-order valence-corrected chi connectivity index (χ4v) is 3.09. The molecule has 1 heterocycles. The van der Waals surface area contributed by atoms with Crippen molar-refractivity contribution in [3.63, 3.8) is 0 Å². The summed E-state index contributed by atoms with van der Waals surface area (Å²) in [5, 5.41) is 0.749. The number of hydrogen-bond donors (Lipinski definition) is 0. The first kappa shape index (κ1) is 14.3. The first-order valence-electron chi connectivity index (χ1n) is 7.42. The average Bonchev–Trinajstić information content (AvgIpc) is 2.49. The number of benzene rings is 1. The monoisotopic (exact) mass is 296 g/mol. The molecule has 1 spiro atoms. The zero-order chi connectivity index (χ0) is 14.0. The summed E-state index contributed by atoms with van der Waals surface area (Å²) in [6, 6.07) is 7.86. The van der Waals surface area contributed by atoms with Crippen LogP contribution in [-0.2, 0) is 14.5 Å². The van der Waals surface area contributed by atoms with Crippen LogP contribution >= 0.6 is 11.6 Å². The van der Waals surface area contributed by atoms with Crippen LogP contribution in [0.15, 0.2) is 24.3 Å². The molecular formula is C16H21ClO3. The van der Waals surface area contributed by atoms with Crippen molar-refractivity contribution in [1.82, 2.24) is 0 Å². The number of hydrogen-bond acceptors (Lipinski definition) is 3. The predicted molar refractivity (Wildman–Crippen MR) is 77.6 cm³/mol. The van der Waals surface area contributed by atoms with E-state index in [-0.39, 0.29) is 12.0 Å². The highest BCUT2D eigenvalue weighted by Gasteiger charge is 2.41. The van der Waals surface area contributed by atoms with Crippen LogP contribution in [0, 0.1) is 0 Å². The molecule has 1 saturated heterocycles. The summed E-state index contributed by atoms with van der Waals surface area (Å²) in [5.74, 6) is -0.262. The molecule has 0 aromatic heterocycles. The van der Waals surface area contributed by atoms with Crippen molar-refractivity contribution in [2.45, 2.75) is 56.8 Å². The van der Waals surface area contributed by atoms with Crippen LogP contribution in [0.4, 0.5) is 0 Å². The van der Waals surface area contributed by atoms with Crippen molar-refractivity contribution < 1.29 is 14.5 Å². The van der Waals surface area contributed by atoms with E-state index in [1.165, 1.54) is 12.0 Å². The van der Waals surface area contributed by atoms with Gasteiger partial charge >= 0.3 is 0 Å². The molecule has 3 rings (SSSR count). The Morgan fingerprint density at radius 2 is 1.85 bits per heavy atom. The summed E-state index contributed by atoms with van der Waals surface area (Å²) in [5.41, 5.74) is 1.19. The number of rotatable bonds is 2. The van der Waals surface area contributed by atoms with Crippen molar-refractivity contribution in [2.75, 3.05) is 6.61 Å². The van der Waals surface area contributed by atoms with E-state index in [2.05, 4.69) is 6.92 Å². The maximum absolute atomic E-state index is 6.01. The largest absolute Gasteiger partial charge is 0.344 e. The molecule has 20 heavy (non-hydrogen) atoms. The van der Waals surface area contributed by atoms with Crippen molar-refractivity contribution in [3.8, 4) is 0 Å². The van der Waals surface area contributed by atoms with Gasteiger partial charge in [0, 0.05) is 23.8 Å². The Kier molecular flexibility index (Phi) is 4.32. The van der Waals surface area contributed by atoms with E-state index in [0.717, 1.165) is 30.7 Å². The summed E-state index contributed by atoms with van der Waals surface area (Å²) < 4.78 is 6.01. The van der Waals surface area contributed by atoms with Gasteiger partial charge in [0.25, 0.3) is 0 Å². The van der Waals surface area contributed by atoms with E-state index in [4.69, 9.17) is 26.1 Å². The molecule has 1 aromatic carbocycles. The first-order valence-corrected chi connectivity index (χ1v) is 7.80. The Morgan fingerprint density at radius 3 is 2.45 bits per heavy atom. The average molecular weight is 297 g/mol. The van der Waals surface area contributed by atoms with E-state index in [1.807, 2.05) is 24.3 Å². The van der Waals surface area contributed by atoms with Gasteiger partial charge in [0.15, 0.2) is 0 Å². The molecule has 1 saturated carbocycles. The number of halogens is 1. The Balaban J connectivity index is 1.61. The molecule has 2 aliphatic rings. The SMILES string of the molecule is CC(c1ccc(Cl)cc1)C1COC2(CCCCC2)OO1. The lowest BCUT2D eigenvalue weighted by Crippen LogP contribution is -2.47. The Bertz CT molecular complexity index is 430. The van der Waals surface area contributed by atoms with Crippen LogP contribution in [0.2, 0.25) is 5.02 Å². The molecule has 1 aliphatic heterocycles. The maximum atomic E-state index is 6.01. The summed E-state index contributed by atoms with van der Waals surface area (Å²) in [6.07, 6.45) is 5.38. The van der Waals surface area contributed by atoms with Crippen molar-refractivity contribution in [1.29, 1.82) is 0 Å². The molecule has 2 unspecified atom stereocenters. The molecule has 2 fully saturated rings. The standard InChI is InChI=1S/C16H21ClO3/c1-12(13-5-7-14(17)8-6-13)15-11-18-16(20-19-15)9-3-2-4-10-16/h5-8,12,15H,2-4,9-11H2,1H3. The first-order chi connectivity index (χ1) is 9.69. The van der Waals surface area contributed by atoms with Crippen molar-refractivity contribution in [2.24, 2.45) is 0 Å². The molecule has 0 bridgehead atoms. The molecular weight excluding hydrogens is 276 g/mol. The third-order valence-electron chi connectivity index (χ3n) is 4.40. The van der Waals surface area contributed by atoms with Gasteiger partial charge < -0.3 is 4.74 Å². The molecule has 110 valence electrons. The van der Waals surface area contributed by atoms with Gasteiger partial charge in [-0.2, -0.15) is 0 Å². The minimum atomic E-state index is -0.478. The second-order valence-corrected chi connectivity index (χ2v) is 6.28. The summed E-state index contributed by atoms with van der Waals surface area (Å²) in [4.78, 5) is 11.3. The lowest BCUT2D eigenvalue weighted by Gasteiger charge is -2.42. The zero-order valence-corrected chi connectivity index (χ0v) is 12.6. The molecule has 3 nitrogen and oxygen atoms in total. The minimum absolute atomic E-state index is 0.0660.